The monoisotopic (exact) mass is 570 g/mol. The number of fused-ring (bicyclic) bond motifs is 4. The first-order valence-electron chi connectivity index (χ1n) is 13.6. The predicted molar refractivity (Wildman–Crippen MR) is 163 cm³/mol. The van der Waals surface area contributed by atoms with Gasteiger partial charge in [0.1, 0.15) is 0 Å². The minimum Gasteiger partial charge on any atom is -0.493 e. The van der Waals surface area contributed by atoms with Gasteiger partial charge >= 0.3 is 0 Å². The molecule has 4 aromatic rings. The summed E-state index contributed by atoms with van der Waals surface area (Å²) in [6, 6.07) is 14.1. The van der Waals surface area contributed by atoms with Gasteiger partial charge in [0, 0.05) is 42.3 Å². The smallest absolute Gasteiger partial charge is 0.243 e. The Morgan fingerprint density at radius 3 is 2.48 bits per heavy atom. The molecule has 0 saturated heterocycles. The van der Waals surface area contributed by atoms with Crippen LogP contribution in [-0.4, -0.2) is 44.3 Å². The molecule has 218 valence electrons. The Morgan fingerprint density at radius 2 is 1.76 bits per heavy atom. The molecule has 1 atom stereocenters. The van der Waals surface area contributed by atoms with Crippen molar-refractivity contribution in [3.63, 3.8) is 0 Å². The Kier molecular flexibility index (Phi) is 8.06. The number of carbonyl (C=O) groups excluding carboxylic acids is 2. The summed E-state index contributed by atoms with van der Waals surface area (Å²) in [5.74, 6) is 0.927. The zero-order valence-corrected chi connectivity index (χ0v) is 24.3. The van der Waals surface area contributed by atoms with Gasteiger partial charge in [-0.25, -0.2) is 0 Å². The van der Waals surface area contributed by atoms with E-state index in [4.69, 9.17) is 14.2 Å². The molecule has 0 saturated carbocycles. The number of rotatable bonds is 8. The molecule has 0 bridgehead atoms. The average Bonchev–Trinajstić information content (AvgIpc) is 3.17. The van der Waals surface area contributed by atoms with E-state index in [0.29, 0.717) is 46.9 Å². The van der Waals surface area contributed by atoms with Crippen LogP contribution in [0, 0.1) is 0 Å². The van der Waals surface area contributed by atoms with Gasteiger partial charge in [0.25, 0.3) is 0 Å². The van der Waals surface area contributed by atoms with Crippen LogP contribution in [0.4, 0.5) is 11.4 Å². The van der Waals surface area contributed by atoms with E-state index >= 15 is 0 Å². The Bertz CT molecular complexity index is 1750. The number of methoxy groups -OCH3 is 3. The molecule has 3 N–H and O–H groups in total. The number of aromatic nitrogens is 1. The molecule has 1 aliphatic carbocycles. The molecule has 1 aromatic heterocycles. The van der Waals surface area contributed by atoms with Gasteiger partial charge in [-0.15, -0.1) is 0 Å². The van der Waals surface area contributed by atoms with Crippen LogP contribution in [0.1, 0.15) is 30.5 Å². The lowest BCUT2D eigenvalue weighted by atomic mass is 9.95. The predicted octanol–water partition coefficient (Wildman–Crippen LogP) is 4.41. The van der Waals surface area contributed by atoms with E-state index in [1.54, 1.807) is 20.3 Å². The van der Waals surface area contributed by atoms with Gasteiger partial charge in [-0.1, -0.05) is 6.07 Å². The van der Waals surface area contributed by atoms with Gasteiger partial charge in [0.05, 0.1) is 39.6 Å². The maximum atomic E-state index is 13.5. The molecule has 5 rings (SSSR count). The molecule has 1 heterocycles. The molecule has 0 fully saturated rings. The second-order valence-electron chi connectivity index (χ2n) is 10.2. The lowest BCUT2D eigenvalue weighted by molar-refractivity contribution is -0.119. The number of ether oxygens (including phenoxy) is 3. The van der Waals surface area contributed by atoms with Gasteiger partial charge in [0.2, 0.25) is 23.0 Å². The summed E-state index contributed by atoms with van der Waals surface area (Å²) in [5.41, 5.74) is 4.71. The second kappa shape index (κ2) is 11.9. The van der Waals surface area contributed by atoms with Gasteiger partial charge < -0.3 is 34.7 Å². The number of aryl methyl sites for hydroxylation is 2. The molecule has 2 amide bonds. The zero-order chi connectivity index (χ0) is 30.0. The highest BCUT2D eigenvalue weighted by Crippen LogP contribution is 2.50. The fourth-order valence-corrected chi connectivity index (χ4v) is 5.59. The number of hydrogen-bond donors (Lipinski definition) is 3. The van der Waals surface area contributed by atoms with Crippen LogP contribution in [0.25, 0.3) is 22.0 Å². The maximum absolute atomic E-state index is 13.5. The van der Waals surface area contributed by atoms with Gasteiger partial charge in [-0.3, -0.25) is 14.4 Å². The van der Waals surface area contributed by atoms with E-state index in [1.807, 2.05) is 54.2 Å². The Morgan fingerprint density at radius 1 is 0.976 bits per heavy atom. The third-order valence-corrected chi connectivity index (χ3v) is 7.52. The number of nitrogens with zero attached hydrogens (tertiary/aromatic N) is 1. The van der Waals surface area contributed by atoms with Crippen LogP contribution in [0.15, 0.2) is 59.5 Å². The summed E-state index contributed by atoms with van der Waals surface area (Å²) in [7, 11) is 6.61. The molecule has 10 nitrogen and oxygen atoms in total. The van der Waals surface area contributed by atoms with Crippen molar-refractivity contribution in [2.75, 3.05) is 38.5 Å². The lowest BCUT2D eigenvalue weighted by Gasteiger charge is -2.19. The van der Waals surface area contributed by atoms with Crippen LogP contribution in [0.2, 0.25) is 0 Å². The molecule has 0 aliphatic heterocycles. The van der Waals surface area contributed by atoms with Gasteiger partial charge in [0.15, 0.2) is 11.5 Å². The van der Waals surface area contributed by atoms with E-state index in [0.717, 1.165) is 22.0 Å². The van der Waals surface area contributed by atoms with Crippen LogP contribution < -0.4 is 35.6 Å². The molecule has 1 unspecified atom stereocenters. The molecular formula is C32H34N4O6. The summed E-state index contributed by atoms with van der Waals surface area (Å²) in [6.07, 6.45) is 3.11. The van der Waals surface area contributed by atoms with E-state index < -0.39 is 6.04 Å². The van der Waals surface area contributed by atoms with Gasteiger partial charge in [-0.2, -0.15) is 0 Å². The van der Waals surface area contributed by atoms with Gasteiger partial charge in [-0.05, 0) is 72.0 Å². The highest BCUT2D eigenvalue weighted by Gasteiger charge is 2.29. The first-order chi connectivity index (χ1) is 20.2. The molecule has 1 aliphatic rings. The van der Waals surface area contributed by atoms with E-state index in [1.165, 1.54) is 20.1 Å². The quantitative estimate of drug-likeness (QED) is 0.287. The Hall–Kier alpha value is -4.99. The van der Waals surface area contributed by atoms with Crippen molar-refractivity contribution in [3.8, 4) is 28.4 Å². The highest BCUT2D eigenvalue weighted by atomic mass is 16.5. The number of benzene rings is 2. The Labute approximate surface area is 243 Å². The normalized spacial score (nSPS) is 13.8. The first kappa shape index (κ1) is 28.5. The SMILES string of the molecule is COc1cc2c(c(OC)c1OC)-c1ccc(NCC(=O)Nc3ccc4c(ccn4C)c3)c(=O)cc1C(NC(C)=O)CC2. The van der Waals surface area contributed by atoms with Crippen molar-refractivity contribution in [1.29, 1.82) is 0 Å². The van der Waals surface area contributed by atoms with Crippen LogP contribution in [0.3, 0.4) is 0 Å². The molecule has 10 heteroatoms. The largest absolute Gasteiger partial charge is 0.493 e. The number of amides is 2. The minimum absolute atomic E-state index is 0.114. The third-order valence-electron chi connectivity index (χ3n) is 7.52. The molecule has 42 heavy (non-hydrogen) atoms. The number of anilines is 2. The maximum Gasteiger partial charge on any atom is 0.243 e. The summed E-state index contributed by atoms with van der Waals surface area (Å²) < 4.78 is 19.0. The minimum atomic E-state index is -0.421. The van der Waals surface area contributed by atoms with Crippen molar-refractivity contribution in [2.45, 2.75) is 25.8 Å². The summed E-state index contributed by atoms with van der Waals surface area (Å²) in [4.78, 5) is 38.4. The standard InChI is InChI=1S/C32H34N4O6/c1-18(37)34-24-9-6-20-15-28(40-3)31(41-4)32(42-5)30(20)22-8-10-25(27(38)16-23(22)24)33-17-29(39)35-21-7-11-26-19(14-21)12-13-36(26)2/h7-8,10-16,24H,6,9,17H2,1-5H3,(H,33,38)(H,34,37)(H,35,39). The lowest BCUT2D eigenvalue weighted by Crippen LogP contribution is -2.27. The van der Waals surface area contributed by atoms with Crippen molar-refractivity contribution >= 4 is 34.1 Å². The molecule has 0 radical (unpaired) electrons. The molecule has 0 spiro atoms. The van der Waals surface area contributed by atoms with Crippen molar-refractivity contribution in [3.05, 3.63) is 76.1 Å². The van der Waals surface area contributed by atoms with E-state index in [9.17, 15) is 14.4 Å². The van der Waals surface area contributed by atoms with Crippen LogP contribution >= 0.6 is 0 Å². The topological polar surface area (TPSA) is 120 Å². The van der Waals surface area contributed by atoms with Crippen molar-refractivity contribution in [1.82, 2.24) is 9.88 Å². The Balaban J connectivity index is 1.50. The highest BCUT2D eigenvalue weighted by molar-refractivity contribution is 5.96. The van der Waals surface area contributed by atoms with Crippen LogP contribution in [0.5, 0.6) is 17.2 Å². The molecule has 3 aromatic carbocycles. The van der Waals surface area contributed by atoms with Crippen LogP contribution in [-0.2, 0) is 23.1 Å². The third kappa shape index (κ3) is 5.47. The van der Waals surface area contributed by atoms with E-state index in [-0.39, 0.29) is 29.5 Å². The number of nitrogens with one attached hydrogen (secondary N) is 3. The van der Waals surface area contributed by atoms with Crippen molar-refractivity contribution in [2.24, 2.45) is 7.05 Å². The summed E-state index contributed by atoms with van der Waals surface area (Å²) in [6.45, 7) is 1.34. The second-order valence-corrected chi connectivity index (χ2v) is 10.2. The number of hydrogen-bond acceptors (Lipinski definition) is 7. The summed E-state index contributed by atoms with van der Waals surface area (Å²) in [5, 5.41) is 9.88. The number of carbonyl (C=O) groups is 2. The molecular weight excluding hydrogens is 536 g/mol. The zero-order valence-electron chi connectivity index (χ0n) is 24.3. The van der Waals surface area contributed by atoms with Crippen molar-refractivity contribution < 1.29 is 23.8 Å². The average molecular weight is 571 g/mol. The fraction of sp³-hybridized carbons (Fsp3) is 0.281. The first-order valence-corrected chi connectivity index (χ1v) is 13.6. The van der Waals surface area contributed by atoms with E-state index in [2.05, 4.69) is 16.0 Å². The summed E-state index contributed by atoms with van der Waals surface area (Å²) >= 11 is 0. The fourth-order valence-electron chi connectivity index (χ4n) is 5.59.